The fraction of sp³-hybridized carbons (Fsp3) is 0.200. The number of anilines is 1. The van der Waals surface area contributed by atoms with Crippen LogP contribution < -0.4 is 15.2 Å². The number of hydrogen-bond acceptors (Lipinski definition) is 5. The molecule has 0 aliphatic carbocycles. The van der Waals surface area contributed by atoms with E-state index in [-0.39, 0.29) is 11.3 Å². The number of nitrogens with zero attached hydrogens (tertiary/aromatic N) is 2. The highest BCUT2D eigenvalue weighted by Crippen LogP contribution is 2.34. The fourth-order valence-corrected chi connectivity index (χ4v) is 3.73. The molecule has 1 aliphatic heterocycles. The van der Waals surface area contributed by atoms with E-state index in [0.29, 0.717) is 35.5 Å². The van der Waals surface area contributed by atoms with Crippen LogP contribution in [0.3, 0.4) is 0 Å². The molecule has 0 bridgehead atoms. The summed E-state index contributed by atoms with van der Waals surface area (Å²) in [7, 11) is 1.59. The van der Waals surface area contributed by atoms with E-state index in [1.807, 2.05) is 30.5 Å². The predicted molar refractivity (Wildman–Crippen MR) is 106 cm³/mol. The van der Waals surface area contributed by atoms with Gasteiger partial charge in [0.1, 0.15) is 23.7 Å². The highest BCUT2D eigenvalue weighted by atomic mass is 32.2. The summed E-state index contributed by atoms with van der Waals surface area (Å²) in [6.45, 7) is 0.676. The van der Waals surface area contributed by atoms with Crippen LogP contribution in [0.1, 0.15) is 10.4 Å². The molecule has 3 aromatic rings. The quantitative estimate of drug-likeness (QED) is 0.705. The Morgan fingerprint density at radius 1 is 1.22 bits per heavy atom. The van der Waals surface area contributed by atoms with Crippen molar-refractivity contribution in [1.82, 2.24) is 4.57 Å². The molecule has 7 heteroatoms. The largest absolute Gasteiger partial charge is 0.506 e. The summed E-state index contributed by atoms with van der Waals surface area (Å²) in [5.41, 5.74) is 0.438. The molecule has 2 aromatic carbocycles. The van der Waals surface area contributed by atoms with E-state index in [1.54, 1.807) is 37.0 Å². The van der Waals surface area contributed by atoms with Crippen molar-refractivity contribution in [3.8, 4) is 11.5 Å². The minimum absolute atomic E-state index is 0.224. The van der Waals surface area contributed by atoms with Gasteiger partial charge in [-0.2, -0.15) is 0 Å². The second-order valence-corrected chi connectivity index (χ2v) is 7.12. The van der Waals surface area contributed by atoms with Gasteiger partial charge in [-0.05, 0) is 42.7 Å². The molecule has 0 radical (unpaired) electrons. The lowest BCUT2D eigenvalue weighted by atomic mass is 10.1. The van der Waals surface area contributed by atoms with Crippen molar-refractivity contribution in [2.75, 3.05) is 24.8 Å². The van der Waals surface area contributed by atoms with Gasteiger partial charge in [0.05, 0.1) is 12.1 Å². The van der Waals surface area contributed by atoms with Gasteiger partial charge in [0.25, 0.3) is 11.5 Å². The first-order chi connectivity index (χ1) is 13.0. The van der Waals surface area contributed by atoms with Crippen LogP contribution in [0.2, 0.25) is 0 Å². The molecule has 2 heterocycles. The molecule has 4 rings (SSSR count). The first-order valence-corrected chi connectivity index (χ1v) is 9.69. The molecule has 0 atom stereocenters. The van der Waals surface area contributed by atoms with Crippen LogP contribution in [0.4, 0.5) is 5.69 Å². The Balaban J connectivity index is 1.86. The Bertz CT molecular complexity index is 1110. The standard InChI is InChI=1S/C20H18N2O4S/c1-21(12-6-8-13(27-2)9-7-12)19(24)16-18(23)14-4-3-5-15-17(14)22(20(16)25)10-11-26-15/h3-9,23H,10-11H2,1-2H3. The Morgan fingerprint density at radius 3 is 2.67 bits per heavy atom. The Kier molecular flexibility index (Phi) is 4.31. The molecular formula is C20H18N2O4S. The number of thioether (sulfide) groups is 1. The zero-order valence-corrected chi connectivity index (χ0v) is 15.7. The highest BCUT2D eigenvalue weighted by Gasteiger charge is 2.28. The van der Waals surface area contributed by atoms with Gasteiger partial charge >= 0.3 is 0 Å². The molecular weight excluding hydrogens is 364 g/mol. The minimum atomic E-state index is -0.544. The molecule has 1 aromatic heterocycles. The van der Waals surface area contributed by atoms with Crippen LogP contribution in [0.5, 0.6) is 11.5 Å². The molecule has 1 amide bonds. The van der Waals surface area contributed by atoms with E-state index >= 15 is 0 Å². The van der Waals surface area contributed by atoms with Crippen LogP contribution in [-0.4, -0.2) is 35.5 Å². The van der Waals surface area contributed by atoms with E-state index in [1.165, 1.54) is 9.47 Å². The normalized spacial score (nSPS) is 12.7. The number of carbonyl (C=O) groups excluding carboxylic acids is 1. The molecule has 27 heavy (non-hydrogen) atoms. The van der Waals surface area contributed by atoms with Crippen LogP contribution >= 0.6 is 11.8 Å². The molecule has 1 N–H and O–H groups in total. The van der Waals surface area contributed by atoms with E-state index in [0.717, 1.165) is 4.90 Å². The van der Waals surface area contributed by atoms with E-state index < -0.39 is 11.5 Å². The van der Waals surface area contributed by atoms with Gasteiger partial charge in [0.2, 0.25) is 0 Å². The van der Waals surface area contributed by atoms with Gasteiger partial charge in [-0.1, -0.05) is 6.07 Å². The first kappa shape index (κ1) is 17.5. The highest BCUT2D eigenvalue weighted by molar-refractivity contribution is 7.98. The van der Waals surface area contributed by atoms with Gasteiger partial charge in [-0.3, -0.25) is 9.59 Å². The van der Waals surface area contributed by atoms with Crippen molar-refractivity contribution in [3.63, 3.8) is 0 Å². The zero-order valence-electron chi connectivity index (χ0n) is 14.9. The van der Waals surface area contributed by atoms with E-state index in [4.69, 9.17) is 4.74 Å². The number of hydrogen-bond donors (Lipinski definition) is 1. The van der Waals surface area contributed by atoms with Gasteiger partial charge in [0, 0.05) is 23.0 Å². The summed E-state index contributed by atoms with van der Waals surface area (Å²) in [6, 6.07) is 12.6. The smallest absolute Gasteiger partial charge is 0.267 e. The summed E-state index contributed by atoms with van der Waals surface area (Å²) < 4.78 is 7.08. The first-order valence-electron chi connectivity index (χ1n) is 8.46. The van der Waals surface area contributed by atoms with Gasteiger partial charge < -0.3 is 19.3 Å². The maximum atomic E-state index is 13.1. The van der Waals surface area contributed by atoms with Gasteiger partial charge in [-0.15, -0.1) is 11.8 Å². The third kappa shape index (κ3) is 2.75. The monoisotopic (exact) mass is 382 g/mol. The molecule has 0 fully saturated rings. The van der Waals surface area contributed by atoms with Crippen LogP contribution in [-0.2, 0) is 6.54 Å². The number of rotatable bonds is 3. The minimum Gasteiger partial charge on any atom is -0.506 e. The average Bonchev–Trinajstić information content (AvgIpc) is 2.71. The number of amides is 1. The molecule has 0 spiro atoms. The second kappa shape index (κ2) is 6.66. The van der Waals surface area contributed by atoms with Crippen molar-refractivity contribution in [2.24, 2.45) is 0 Å². The topological polar surface area (TPSA) is 71.8 Å². The second-order valence-electron chi connectivity index (χ2n) is 6.24. The van der Waals surface area contributed by atoms with Crippen molar-refractivity contribution >= 4 is 34.3 Å². The molecule has 0 unspecified atom stereocenters. The van der Waals surface area contributed by atoms with Crippen LogP contribution in [0, 0.1) is 0 Å². The number of ether oxygens (including phenoxy) is 1. The average molecular weight is 382 g/mol. The number of benzene rings is 2. The maximum Gasteiger partial charge on any atom is 0.267 e. The van der Waals surface area contributed by atoms with E-state index in [2.05, 4.69) is 0 Å². The maximum absolute atomic E-state index is 13.1. The van der Waals surface area contributed by atoms with Crippen molar-refractivity contribution in [1.29, 1.82) is 0 Å². The molecule has 1 aliphatic rings. The van der Waals surface area contributed by atoms with Gasteiger partial charge in [0.15, 0.2) is 0 Å². The van der Waals surface area contributed by atoms with Crippen molar-refractivity contribution in [3.05, 3.63) is 58.4 Å². The number of carbonyl (C=O) groups is 1. The number of aromatic nitrogens is 1. The summed E-state index contributed by atoms with van der Waals surface area (Å²) in [5.74, 6) is -0.320. The summed E-state index contributed by atoms with van der Waals surface area (Å²) in [4.78, 5) is 28.5. The van der Waals surface area contributed by atoms with Crippen molar-refractivity contribution in [2.45, 2.75) is 11.4 Å². The SMILES string of the molecule is CSc1ccc(N(C)C(=O)c2c(O)c3cccc4c3n(c2=O)CCO4)cc1. The molecule has 0 saturated heterocycles. The zero-order chi connectivity index (χ0) is 19.1. The fourth-order valence-electron chi connectivity index (χ4n) is 3.32. The Labute approximate surface area is 160 Å². The lowest BCUT2D eigenvalue weighted by molar-refractivity contribution is 0.0988. The third-order valence-corrected chi connectivity index (χ3v) is 5.51. The number of pyridine rings is 1. The third-order valence-electron chi connectivity index (χ3n) is 4.77. The summed E-state index contributed by atoms with van der Waals surface area (Å²) >= 11 is 1.60. The van der Waals surface area contributed by atoms with Crippen molar-refractivity contribution < 1.29 is 14.6 Å². The number of para-hydroxylation sites is 1. The van der Waals surface area contributed by atoms with Gasteiger partial charge in [-0.25, -0.2) is 0 Å². The Morgan fingerprint density at radius 2 is 1.96 bits per heavy atom. The summed E-state index contributed by atoms with van der Waals surface area (Å²) in [5, 5.41) is 11.2. The number of aromatic hydroxyl groups is 1. The predicted octanol–water partition coefficient (Wildman–Crippen LogP) is 3.10. The van der Waals surface area contributed by atoms with E-state index in [9.17, 15) is 14.7 Å². The van der Waals surface area contributed by atoms with Crippen LogP contribution in [0.25, 0.3) is 10.9 Å². The Hall–Kier alpha value is -2.93. The molecule has 6 nitrogen and oxygen atoms in total. The van der Waals surface area contributed by atoms with Crippen LogP contribution in [0.15, 0.2) is 52.2 Å². The molecule has 138 valence electrons. The lowest BCUT2D eigenvalue weighted by Crippen LogP contribution is -2.36. The molecule has 0 saturated carbocycles. The lowest BCUT2D eigenvalue weighted by Gasteiger charge is -2.23. The summed E-state index contributed by atoms with van der Waals surface area (Å²) in [6.07, 6.45) is 1.97.